The normalized spacial score (nSPS) is 10.6. The molecular weight excluding hydrogens is 460 g/mol. The highest BCUT2D eigenvalue weighted by Crippen LogP contribution is 2.31. The Morgan fingerprint density at radius 3 is 2.55 bits per heavy atom. The highest BCUT2D eigenvalue weighted by Gasteiger charge is 2.10. The first-order valence-electron chi connectivity index (χ1n) is 9.83. The molecule has 0 unspecified atom stereocenters. The van der Waals surface area contributed by atoms with E-state index in [0.29, 0.717) is 5.75 Å². The molecule has 0 bridgehead atoms. The van der Waals surface area contributed by atoms with E-state index in [1.165, 1.54) is 29.8 Å². The third kappa shape index (κ3) is 5.68. The van der Waals surface area contributed by atoms with Crippen LogP contribution >= 0.6 is 23.6 Å². The number of thiocarbonyl (C=S) groups is 1. The predicted octanol–water partition coefficient (Wildman–Crippen LogP) is 5.07. The number of aromatic nitrogens is 1. The Morgan fingerprint density at radius 2 is 1.85 bits per heavy atom. The number of nitrogens with one attached hydrogen (secondary N) is 2. The molecule has 2 N–H and O–H groups in total. The number of carbonyl (C=O) groups is 1. The fourth-order valence-electron chi connectivity index (χ4n) is 2.99. The number of hydrogen-bond donors (Lipinski definition) is 2. The quantitative estimate of drug-likeness (QED) is 0.226. The van der Waals surface area contributed by atoms with Crippen molar-refractivity contribution in [1.29, 1.82) is 0 Å². The summed E-state index contributed by atoms with van der Waals surface area (Å²) in [5.74, 6) is -0.109. The summed E-state index contributed by atoms with van der Waals surface area (Å²) in [6, 6.07) is 19.3. The molecule has 1 amide bonds. The highest BCUT2D eigenvalue weighted by molar-refractivity contribution is 7.80. The summed E-state index contributed by atoms with van der Waals surface area (Å²) in [6.07, 6.45) is 0. The first kappa shape index (κ1) is 22.3. The van der Waals surface area contributed by atoms with Crippen molar-refractivity contribution in [3.8, 4) is 16.3 Å². The third-order valence-electron chi connectivity index (χ3n) is 4.60. The zero-order valence-corrected chi connectivity index (χ0v) is 19.0. The number of non-ortho nitro benzene ring substituents is 1. The van der Waals surface area contributed by atoms with Crippen LogP contribution in [-0.4, -0.2) is 27.5 Å². The second kappa shape index (κ2) is 9.72. The van der Waals surface area contributed by atoms with Gasteiger partial charge in [0, 0.05) is 23.4 Å². The van der Waals surface area contributed by atoms with Gasteiger partial charge in [-0.1, -0.05) is 6.07 Å². The molecule has 1 heterocycles. The smallest absolute Gasteiger partial charge is 0.269 e. The Bertz CT molecular complexity index is 1340. The van der Waals surface area contributed by atoms with E-state index < -0.39 is 10.8 Å². The van der Waals surface area contributed by atoms with Gasteiger partial charge >= 0.3 is 0 Å². The minimum absolute atomic E-state index is 0.0542. The molecular formula is C23H18N4O4S2. The molecule has 0 aliphatic rings. The standard InChI is InChI=1S/C23H18N4O4S2/c1-14-2-11-19-20(12-14)33-22(25-19)15-3-5-16(6-4-15)24-23(32)26-21(28)13-31-18-9-7-17(8-10-18)27(29)30/h2-12H,13H2,1H3,(H2,24,26,28,32). The first-order chi connectivity index (χ1) is 15.9. The van der Waals surface area contributed by atoms with Crippen molar-refractivity contribution in [3.63, 3.8) is 0 Å². The molecule has 166 valence electrons. The van der Waals surface area contributed by atoms with Crippen molar-refractivity contribution in [2.75, 3.05) is 11.9 Å². The fourth-order valence-corrected chi connectivity index (χ4v) is 4.29. The van der Waals surface area contributed by atoms with Crippen molar-refractivity contribution in [3.05, 3.63) is 82.4 Å². The first-order valence-corrected chi connectivity index (χ1v) is 11.1. The van der Waals surface area contributed by atoms with E-state index in [-0.39, 0.29) is 17.4 Å². The summed E-state index contributed by atoms with van der Waals surface area (Å²) in [4.78, 5) is 26.9. The van der Waals surface area contributed by atoms with E-state index in [4.69, 9.17) is 17.0 Å². The van der Waals surface area contributed by atoms with Gasteiger partial charge in [0.1, 0.15) is 10.8 Å². The summed E-state index contributed by atoms with van der Waals surface area (Å²) >= 11 is 6.82. The maximum absolute atomic E-state index is 12.1. The molecule has 0 saturated carbocycles. The van der Waals surface area contributed by atoms with Gasteiger partial charge in [-0.15, -0.1) is 11.3 Å². The van der Waals surface area contributed by atoms with Gasteiger partial charge in [0.15, 0.2) is 11.7 Å². The summed E-state index contributed by atoms with van der Waals surface area (Å²) < 4.78 is 6.47. The van der Waals surface area contributed by atoms with Gasteiger partial charge in [-0.3, -0.25) is 20.2 Å². The van der Waals surface area contributed by atoms with Crippen LogP contribution in [-0.2, 0) is 4.79 Å². The van der Waals surface area contributed by atoms with Gasteiger partial charge < -0.3 is 10.1 Å². The topological polar surface area (TPSA) is 106 Å². The van der Waals surface area contributed by atoms with Crippen molar-refractivity contribution in [2.24, 2.45) is 0 Å². The van der Waals surface area contributed by atoms with Crippen LogP contribution in [0.2, 0.25) is 0 Å². The third-order valence-corrected chi connectivity index (χ3v) is 5.88. The molecule has 1 aromatic heterocycles. The van der Waals surface area contributed by atoms with Gasteiger partial charge in [0.25, 0.3) is 11.6 Å². The SMILES string of the molecule is Cc1ccc2nc(-c3ccc(NC(=S)NC(=O)COc4ccc([N+](=O)[O-])cc4)cc3)sc2c1. The molecule has 8 nitrogen and oxygen atoms in total. The fraction of sp³-hybridized carbons (Fsp3) is 0.0870. The van der Waals surface area contributed by atoms with Gasteiger partial charge in [0.05, 0.1) is 15.1 Å². The van der Waals surface area contributed by atoms with Crippen molar-refractivity contribution >= 4 is 56.2 Å². The van der Waals surface area contributed by atoms with Crippen LogP contribution in [0, 0.1) is 17.0 Å². The summed E-state index contributed by atoms with van der Waals surface area (Å²) in [5, 5.41) is 17.2. The number of benzene rings is 3. The van der Waals surface area contributed by atoms with Gasteiger partial charge in [-0.25, -0.2) is 4.98 Å². The minimum atomic E-state index is -0.507. The molecule has 4 rings (SSSR count). The number of hydrogen-bond acceptors (Lipinski definition) is 7. The minimum Gasteiger partial charge on any atom is -0.484 e. The number of amides is 1. The van der Waals surface area contributed by atoms with Gasteiger partial charge in [-0.05, 0) is 73.2 Å². The Balaban J connectivity index is 1.29. The lowest BCUT2D eigenvalue weighted by atomic mass is 10.2. The molecule has 0 spiro atoms. The highest BCUT2D eigenvalue weighted by atomic mass is 32.1. The van der Waals surface area contributed by atoms with E-state index in [2.05, 4.69) is 28.6 Å². The van der Waals surface area contributed by atoms with Crippen LogP contribution in [0.5, 0.6) is 5.75 Å². The monoisotopic (exact) mass is 478 g/mol. The number of nitro groups is 1. The zero-order valence-electron chi connectivity index (χ0n) is 17.4. The number of aryl methyl sites for hydroxylation is 1. The van der Waals surface area contributed by atoms with Crippen LogP contribution in [0.3, 0.4) is 0 Å². The van der Waals surface area contributed by atoms with Crippen LogP contribution < -0.4 is 15.4 Å². The molecule has 10 heteroatoms. The van der Waals surface area contributed by atoms with Gasteiger partial charge in [-0.2, -0.15) is 0 Å². The predicted molar refractivity (Wildman–Crippen MR) is 133 cm³/mol. The average Bonchev–Trinajstić information content (AvgIpc) is 3.21. The maximum Gasteiger partial charge on any atom is 0.269 e. The number of thiazole rings is 1. The Labute approximate surface area is 198 Å². The summed E-state index contributed by atoms with van der Waals surface area (Å²) in [5.41, 5.74) is 3.83. The van der Waals surface area contributed by atoms with Crippen LogP contribution in [0.1, 0.15) is 5.56 Å². The number of fused-ring (bicyclic) bond motifs is 1. The molecule has 0 saturated heterocycles. The van der Waals surface area contributed by atoms with E-state index in [1.54, 1.807) is 11.3 Å². The number of ether oxygens (including phenoxy) is 1. The molecule has 4 aromatic rings. The number of rotatable bonds is 6. The largest absolute Gasteiger partial charge is 0.484 e. The second-order valence-electron chi connectivity index (χ2n) is 7.11. The molecule has 0 fully saturated rings. The van der Waals surface area contributed by atoms with Crippen molar-refractivity contribution in [2.45, 2.75) is 6.92 Å². The number of anilines is 1. The van der Waals surface area contributed by atoms with Crippen molar-refractivity contribution in [1.82, 2.24) is 10.3 Å². The molecule has 0 aliphatic heterocycles. The molecule has 0 radical (unpaired) electrons. The number of carbonyl (C=O) groups excluding carboxylic acids is 1. The van der Waals surface area contributed by atoms with Crippen LogP contribution in [0.15, 0.2) is 66.7 Å². The molecule has 0 aliphatic carbocycles. The molecule has 3 aromatic carbocycles. The summed E-state index contributed by atoms with van der Waals surface area (Å²) in [7, 11) is 0. The van der Waals surface area contributed by atoms with E-state index >= 15 is 0 Å². The van der Waals surface area contributed by atoms with E-state index in [9.17, 15) is 14.9 Å². The number of nitrogens with zero attached hydrogens (tertiary/aromatic N) is 2. The Hall–Kier alpha value is -3.89. The Kier molecular flexibility index (Phi) is 6.57. The van der Waals surface area contributed by atoms with Crippen LogP contribution in [0.4, 0.5) is 11.4 Å². The second-order valence-corrected chi connectivity index (χ2v) is 8.55. The van der Waals surface area contributed by atoms with Crippen molar-refractivity contribution < 1.29 is 14.5 Å². The molecule has 33 heavy (non-hydrogen) atoms. The molecule has 0 atom stereocenters. The summed E-state index contributed by atoms with van der Waals surface area (Å²) in [6.45, 7) is 1.78. The lowest BCUT2D eigenvalue weighted by molar-refractivity contribution is -0.384. The van der Waals surface area contributed by atoms with E-state index in [1.807, 2.05) is 36.4 Å². The van der Waals surface area contributed by atoms with E-state index in [0.717, 1.165) is 26.5 Å². The average molecular weight is 479 g/mol. The Morgan fingerprint density at radius 1 is 1.12 bits per heavy atom. The van der Waals surface area contributed by atoms with Gasteiger partial charge in [0.2, 0.25) is 0 Å². The maximum atomic E-state index is 12.1. The number of nitro benzene ring substituents is 1. The lowest BCUT2D eigenvalue weighted by Gasteiger charge is -2.10. The lowest BCUT2D eigenvalue weighted by Crippen LogP contribution is -2.37. The zero-order chi connectivity index (χ0) is 23.4. The van der Waals surface area contributed by atoms with Crippen LogP contribution in [0.25, 0.3) is 20.8 Å².